The maximum Gasteiger partial charge on any atom is 0.227 e. The lowest BCUT2D eigenvalue weighted by molar-refractivity contribution is -0.126. The number of benzene rings is 3. The predicted molar refractivity (Wildman–Crippen MR) is 130 cm³/mol. The van der Waals surface area contributed by atoms with Crippen molar-refractivity contribution in [1.29, 1.82) is 0 Å². The second-order valence-electron chi connectivity index (χ2n) is 8.26. The van der Waals surface area contributed by atoms with Gasteiger partial charge in [-0.25, -0.2) is 0 Å². The van der Waals surface area contributed by atoms with Crippen molar-refractivity contribution in [2.45, 2.75) is 25.7 Å². The number of hydrogen-bond acceptors (Lipinski definition) is 3. The van der Waals surface area contributed by atoms with Gasteiger partial charge in [-0.2, -0.15) is 0 Å². The van der Waals surface area contributed by atoms with Gasteiger partial charge in [0.2, 0.25) is 11.8 Å². The molecule has 33 heavy (non-hydrogen) atoms. The zero-order chi connectivity index (χ0) is 23.0. The molecule has 5 nitrogen and oxygen atoms in total. The Kier molecular flexibility index (Phi) is 7.40. The summed E-state index contributed by atoms with van der Waals surface area (Å²) in [5.41, 5.74) is 3.19. The third-order valence-corrected chi connectivity index (χ3v) is 6.09. The summed E-state index contributed by atoms with van der Waals surface area (Å²) in [7, 11) is 0. The molecule has 1 aliphatic rings. The molecule has 1 heterocycles. The van der Waals surface area contributed by atoms with Gasteiger partial charge in [-0.05, 0) is 36.6 Å². The van der Waals surface area contributed by atoms with Crippen LogP contribution in [-0.4, -0.2) is 31.5 Å². The van der Waals surface area contributed by atoms with Gasteiger partial charge >= 0.3 is 0 Å². The number of anilines is 1. The van der Waals surface area contributed by atoms with Crippen LogP contribution in [0.1, 0.15) is 36.8 Å². The van der Waals surface area contributed by atoms with Gasteiger partial charge in [-0.1, -0.05) is 72.8 Å². The molecular formula is C28H30N2O3. The van der Waals surface area contributed by atoms with E-state index >= 15 is 0 Å². The average molecular weight is 443 g/mol. The Morgan fingerprint density at radius 2 is 1.58 bits per heavy atom. The van der Waals surface area contributed by atoms with Crippen LogP contribution in [0.5, 0.6) is 5.75 Å². The number of para-hydroxylation sites is 2. The number of carbonyl (C=O) groups is 2. The van der Waals surface area contributed by atoms with Crippen LogP contribution in [0.3, 0.4) is 0 Å². The smallest absolute Gasteiger partial charge is 0.227 e. The molecule has 0 radical (unpaired) electrons. The molecular weight excluding hydrogens is 412 g/mol. The standard InChI is InChI=1S/C28H30N2O3/c1-2-33-26-16-10-9-15-25(26)30-20-23(19-27(30)31)28(32)29-18-17-24(21-11-5-3-6-12-21)22-13-7-4-8-14-22/h3-16,23-24H,2,17-20H2,1H3,(H,29,32)/t23-/m1/s1. The molecule has 0 aromatic heterocycles. The van der Waals surface area contributed by atoms with Crippen molar-refractivity contribution in [2.75, 3.05) is 24.6 Å². The van der Waals surface area contributed by atoms with Gasteiger partial charge in [0.15, 0.2) is 0 Å². The molecule has 3 aromatic rings. The van der Waals surface area contributed by atoms with Gasteiger partial charge in [-0.3, -0.25) is 9.59 Å². The van der Waals surface area contributed by atoms with Crippen molar-refractivity contribution >= 4 is 17.5 Å². The predicted octanol–water partition coefficient (Wildman–Crippen LogP) is 4.78. The van der Waals surface area contributed by atoms with Crippen LogP contribution < -0.4 is 15.0 Å². The van der Waals surface area contributed by atoms with Crippen LogP contribution in [0.2, 0.25) is 0 Å². The Hall–Kier alpha value is -3.60. The first kappa shape index (κ1) is 22.6. The summed E-state index contributed by atoms with van der Waals surface area (Å²) in [5, 5.41) is 3.08. The molecule has 1 aliphatic heterocycles. The van der Waals surface area contributed by atoms with E-state index in [1.54, 1.807) is 4.90 Å². The number of hydrogen-bond donors (Lipinski definition) is 1. The summed E-state index contributed by atoms with van der Waals surface area (Å²) in [6, 6.07) is 28.2. The number of rotatable bonds is 9. The minimum atomic E-state index is -0.362. The molecule has 0 unspecified atom stereocenters. The highest BCUT2D eigenvalue weighted by molar-refractivity contribution is 6.01. The number of carbonyl (C=O) groups excluding carboxylic acids is 2. The summed E-state index contributed by atoms with van der Waals surface area (Å²) in [6.45, 7) is 3.35. The number of nitrogens with one attached hydrogen (secondary N) is 1. The van der Waals surface area contributed by atoms with Crippen molar-refractivity contribution in [3.05, 3.63) is 96.1 Å². The Morgan fingerprint density at radius 3 is 2.21 bits per heavy atom. The van der Waals surface area contributed by atoms with E-state index in [1.165, 1.54) is 11.1 Å². The topological polar surface area (TPSA) is 58.6 Å². The Labute approximate surface area is 195 Å². The van der Waals surface area contributed by atoms with E-state index in [0.717, 1.165) is 12.1 Å². The fraction of sp³-hybridized carbons (Fsp3) is 0.286. The molecule has 0 aliphatic carbocycles. The third-order valence-electron chi connectivity index (χ3n) is 6.09. The van der Waals surface area contributed by atoms with E-state index in [2.05, 4.69) is 29.6 Å². The molecule has 1 saturated heterocycles. The van der Waals surface area contributed by atoms with Crippen LogP contribution in [0.15, 0.2) is 84.9 Å². The normalized spacial score (nSPS) is 15.6. The molecule has 0 spiro atoms. The minimum Gasteiger partial charge on any atom is -0.492 e. The van der Waals surface area contributed by atoms with Gasteiger partial charge in [0.25, 0.3) is 0 Å². The lowest BCUT2D eigenvalue weighted by Crippen LogP contribution is -2.34. The van der Waals surface area contributed by atoms with Crippen molar-refractivity contribution < 1.29 is 14.3 Å². The highest BCUT2D eigenvalue weighted by Crippen LogP contribution is 2.33. The second-order valence-corrected chi connectivity index (χ2v) is 8.26. The van der Waals surface area contributed by atoms with Gasteiger partial charge in [0, 0.05) is 25.4 Å². The van der Waals surface area contributed by atoms with E-state index in [1.807, 2.05) is 67.6 Å². The van der Waals surface area contributed by atoms with E-state index < -0.39 is 0 Å². The zero-order valence-corrected chi connectivity index (χ0v) is 18.9. The lowest BCUT2D eigenvalue weighted by Gasteiger charge is -2.20. The van der Waals surface area contributed by atoms with E-state index in [-0.39, 0.29) is 30.1 Å². The fourth-order valence-electron chi connectivity index (χ4n) is 4.45. The van der Waals surface area contributed by atoms with Crippen molar-refractivity contribution in [2.24, 2.45) is 5.92 Å². The molecule has 3 aromatic carbocycles. The summed E-state index contributed by atoms with van der Waals surface area (Å²) in [5.74, 6) is 0.392. The first-order valence-electron chi connectivity index (χ1n) is 11.6. The largest absolute Gasteiger partial charge is 0.492 e. The zero-order valence-electron chi connectivity index (χ0n) is 18.9. The molecule has 1 fully saturated rings. The Bertz CT molecular complexity index is 1030. The Balaban J connectivity index is 1.38. The van der Waals surface area contributed by atoms with Gasteiger partial charge < -0.3 is 15.0 Å². The number of nitrogens with zero attached hydrogens (tertiary/aromatic N) is 1. The molecule has 0 bridgehead atoms. The van der Waals surface area contributed by atoms with Crippen molar-refractivity contribution in [3.63, 3.8) is 0 Å². The van der Waals surface area contributed by atoms with E-state index in [0.29, 0.717) is 25.4 Å². The second kappa shape index (κ2) is 10.8. The minimum absolute atomic E-state index is 0.0475. The molecule has 5 heteroatoms. The number of amides is 2. The SMILES string of the molecule is CCOc1ccccc1N1C[C@H](C(=O)NCCC(c2ccccc2)c2ccccc2)CC1=O. The maximum atomic E-state index is 12.9. The van der Waals surface area contributed by atoms with Crippen LogP contribution >= 0.6 is 0 Å². The van der Waals surface area contributed by atoms with E-state index in [4.69, 9.17) is 4.74 Å². The third kappa shape index (κ3) is 5.43. The first-order chi connectivity index (χ1) is 16.2. The molecule has 1 atom stereocenters. The summed E-state index contributed by atoms with van der Waals surface area (Å²) >= 11 is 0. The average Bonchev–Trinajstić information content (AvgIpc) is 3.25. The fourth-order valence-corrected chi connectivity index (χ4v) is 4.45. The molecule has 0 saturated carbocycles. The van der Waals surface area contributed by atoms with Gasteiger partial charge in [0.1, 0.15) is 5.75 Å². The molecule has 1 N–H and O–H groups in total. The number of ether oxygens (including phenoxy) is 1. The molecule has 2 amide bonds. The summed E-state index contributed by atoms with van der Waals surface area (Å²) < 4.78 is 5.67. The summed E-state index contributed by atoms with van der Waals surface area (Å²) in [6.07, 6.45) is 1.00. The van der Waals surface area contributed by atoms with Crippen molar-refractivity contribution in [1.82, 2.24) is 5.32 Å². The van der Waals surface area contributed by atoms with Crippen LogP contribution in [0.4, 0.5) is 5.69 Å². The lowest BCUT2D eigenvalue weighted by atomic mass is 9.88. The van der Waals surface area contributed by atoms with Crippen LogP contribution in [0.25, 0.3) is 0 Å². The quantitative estimate of drug-likeness (QED) is 0.519. The molecule has 4 rings (SSSR count). The monoisotopic (exact) mass is 442 g/mol. The van der Waals surface area contributed by atoms with Crippen LogP contribution in [0, 0.1) is 5.92 Å². The maximum absolute atomic E-state index is 12.9. The Morgan fingerprint density at radius 1 is 0.970 bits per heavy atom. The molecule has 170 valence electrons. The highest BCUT2D eigenvalue weighted by Gasteiger charge is 2.36. The van der Waals surface area contributed by atoms with E-state index in [9.17, 15) is 9.59 Å². The van der Waals surface area contributed by atoms with Crippen LogP contribution in [-0.2, 0) is 9.59 Å². The summed E-state index contributed by atoms with van der Waals surface area (Å²) in [4.78, 5) is 27.3. The first-order valence-corrected chi connectivity index (χ1v) is 11.6. The van der Waals surface area contributed by atoms with Gasteiger partial charge in [0.05, 0.1) is 18.2 Å². The highest BCUT2D eigenvalue weighted by atomic mass is 16.5. The van der Waals surface area contributed by atoms with Crippen molar-refractivity contribution in [3.8, 4) is 5.75 Å². The van der Waals surface area contributed by atoms with Gasteiger partial charge in [-0.15, -0.1) is 0 Å².